The predicted molar refractivity (Wildman–Crippen MR) is 64.3 cm³/mol. The van der Waals surface area contributed by atoms with Gasteiger partial charge in [0, 0.05) is 31.7 Å². The van der Waals surface area contributed by atoms with Gasteiger partial charge < -0.3 is 5.32 Å². The van der Waals surface area contributed by atoms with Gasteiger partial charge in [0.1, 0.15) is 5.82 Å². The van der Waals surface area contributed by atoms with Gasteiger partial charge in [-0.05, 0) is 13.0 Å². The highest BCUT2D eigenvalue weighted by atomic mass is 19.1. The molecule has 1 fully saturated rings. The first-order valence-corrected chi connectivity index (χ1v) is 5.90. The lowest BCUT2D eigenvalue weighted by Crippen LogP contribution is -2.47. The number of carbonyl (C=O) groups excluding carboxylic acids is 1. The van der Waals surface area contributed by atoms with Crippen LogP contribution in [0.2, 0.25) is 0 Å². The molecule has 3 nitrogen and oxygen atoms in total. The largest absolute Gasteiger partial charge is 0.314 e. The highest BCUT2D eigenvalue weighted by molar-refractivity contribution is 5.83. The Kier molecular flexibility index (Phi) is 3.86. The minimum Gasteiger partial charge on any atom is -0.314 e. The molecule has 0 bridgehead atoms. The van der Waals surface area contributed by atoms with Gasteiger partial charge in [0.05, 0.1) is 6.04 Å². The maximum atomic E-state index is 13.8. The van der Waals surface area contributed by atoms with Gasteiger partial charge in [-0.2, -0.15) is 0 Å². The summed E-state index contributed by atoms with van der Waals surface area (Å²) in [5.74, 6) is -0.303. The number of benzene rings is 1. The number of rotatable bonds is 3. The van der Waals surface area contributed by atoms with Crippen molar-refractivity contribution in [3.63, 3.8) is 0 Å². The van der Waals surface area contributed by atoms with Crippen LogP contribution in [0.1, 0.15) is 18.5 Å². The molecule has 1 aliphatic heterocycles. The third kappa shape index (κ3) is 2.70. The molecule has 1 heterocycles. The number of halogens is 1. The molecule has 0 aromatic heterocycles. The van der Waals surface area contributed by atoms with Crippen molar-refractivity contribution in [2.75, 3.05) is 26.2 Å². The van der Waals surface area contributed by atoms with Crippen molar-refractivity contribution in [3.05, 3.63) is 35.6 Å². The molecule has 0 aliphatic carbocycles. The van der Waals surface area contributed by atoms with Crippen molar-refractivity contribution >= 4 is 5.78 Å². The molecule has 0 amide bonds. The van der Waals surface area contributed by atoms with E-state index in [-0.39, 0.29) is 11.6 Å². The van der Waals surface area contributed by atoms with Gasteiger partial charge in [-0.3, -0.25) is 9.69 Å². The molecule has 0 spiro atoms. The zero-order valence-corrected chi connectivity index (χ0v) is 9.95. The molecule has 1 atom stereocenters. The van der Waals surface area contributed by atoms with E-state index in [1.165, 1.54) is 13.0 Å². The van der Waals surface area contributed by atoms with Crippen LogP contribution in [0.5, 0.6) is 0 Å². The molecule has 1 aromatic carbocycles. The van der Waals surface area contributed by atoms with Crippen LogP contribution < -0.4 is 5.32 Å². The van der Waals surface area contributed by atoms with Gasteiger partial charge in [-0.15, -0.1) is 0 Å². The Labute approximate surface area is 101 Å². The Balaban J connectivity index is 2.28. The summed E-state index contributed by atoms with van der Waals surface area (Å²) in [6.07, 6.45) is 0. The average molecular weight is 236 g/mol. The van der Waals surface area contributed by atoms with Crippen molar-refractivity contribution in [2.24, 2.45) is 0 Å². The average Bonchev–Trinajstić information content (AvgIpc) is 2.33. The molecule has 92 valence electrons. The number of Topliss-reactive ketones (excluding diaryl/α,β-unsaturated/α-hetero) is 1. The molecular formula is C13H17FN2O. The van der Waals surface area contributed by atoms with Gasteiger partial charge in [0.15, 0.2) is 5.78 Å². The fourth-order valence-electron chi connectivity index (χ4n) is 2.31. The molecule has 0 radical (unpaired) electrons. The van der Waals surface area contributed by atoms with E-state index in [1.807, 2.05) is 4.90 Å². The monoisotopic (exact) mass is 236 g/mol. The summed E-state index contributed by atoms with van der Waals surface area (Å²) in [7, 11) is 0. The Morgan fingerprint density at radius 1 is 1.35 bits per heavy atom. The van der Waals surface area contributed by atoms with Crippen molar-refractivity contribution in [1.29, 1.82) is 0 Å². The standard InChI is InChI=1S/C13H17FN2O/c1-10(17)13(16-8-6-15-7-9-16)11-4-2-3-5-12(11)14/h2-5,13,15H,6-9H2,1H3. The molecule has 1 aliphatic rings. The zero-order valence-electron chi connectivity index (χ0n) is 9.95. The normalized spacial score (nSPS) is 18.9. The third-order valence-electron chi connectivity index (χ3n) is 3.10. The van der Waals surface area contributed by atoms with Crippen LogP contribution in [0.4, 0.5) is 4.39 Å². The highest BCUT2D eigenvalue weighted by Gasteiger charge is 2.27. The van der Waals surface area contributed by atoms with E-state index < -0.39 is 6.04 Å². The van der Waals surface area contributed by atoms with E-state index in [0.717, 1.165) is 26.2 Å². The maximum absolute atomic E-state index is 13.8. The Hall–Kier alpha value is -1.26. The van der Waals surface area contributed by atoms with E-state index in [2.05, 4.69) is 5.32 Å². The van der Waals surface area contributed by atoms with Gasteiger partial charge in [-0.25, -0.2) is 4.39 Å². The Bertz CT molecular complexity index is 402. The first kappa shape index (κ1) is 12.2. The highest BCUT2D eigenvalue weighted by Crippen LogP contribution is 2.24. The molecule has 0 saturated carbocycles. The summed E-state index contributed by atoms with van der Waals surface area (Å²) in [6, 6.07) is 6.08. The third-order valence-corrected chi connectivity index (χ3v) is 3.10. The number of nitrogens with one attached hydrogen (secondary N) is 1. The number of ketones is 1. The summed E-state index contributed by atoms with van der Waals surface area (Å²) in [4.78, 5) is 13.8. The van der Waals surface area contributed by atoms with Crippen LogP contribution in [0.3, 0.4) is 0 Å². The quantitative estimate of drug-likeness (QED) is 0.860. The van der Waals surface area contributed by atoms with E-state index in [0.29, 0.717) is 5.56 Å². The lowest BCUT2D eigenvalue weighted by molar-refractivity contribution is -0.122. The number of nitrogens with zero attached hydrogens (tertiary/aromatic N) is 1. The summed E-state index contributed by atoms with van der Waals surface area (Å²) in [5, 5.41) is 3.23. The molecule has 1 N–H and O–H groups in total. The van der Waals surface area contributed by atoms with Gasteiger partial charge in [-0.1, -0.05) is 18.2 Å². The zero-order chi connectivity index (χ0) is 12.3. The van der Waals surface area contributed by atoms with Crippen LogP contribution in [0.15, 0.2) is 24.3 Å². The topological polar surface area (TPSA) is 32.3 Å². The second-order valence-electron chi connectivity index (χ2n) is 4.32. The lowest BCUT2D eigenvalue weighted by Gasteiger charge is -2.33. The minimum absolute atomic E-state index is 0.00278. The fraction of sp³-hybridized carbons (Fsp3) is 0.462. The first-order chi connectivity index (χ1) is 8.20. The molecule has 4 heteroatoms. The van der Waals surface area contributed by atoms with Crippen LogP contribution in [0, 0.1) is 5.82 Å². The van der Waals surface area contributed by atoms with Crippen LogP contribution in [-0.2, 0) is 4.79 Å². The van der Waals surface area contributed by atoms with E-state index in [1.54, 1.807) is 18.2 Å². The van der Waals surface area contributed by atoms with Crippen LogP contribution in [0.25, 0.3) is 0 Å². The molecular weight excluding hydrogens is 219 g/mol. The van der Waals surface area contributed by atoms with Gasteiger partial charge in [0.25, 0.3) is 0 Å². The second-order valence-corrected chi connectivity index (χ2v) is 4.32. The summed E-state index contributed by atoms with van der Waals surface area (Å²) >= 11 is 0. The number of carbonyl (C=O) groups is 1. The van der Waals surface area contributed by atoms with Crippen molar-refractivity contribution in [2.45, 2.75) is 13.0 Å². The minimum atomic E-state index is -0.446. The second kappa shape index (κ2) is 5.38. The summed E-state index contributed by atoms with van der Waals surface area (Å²) in [5.41, 5.74) is 0.488. The lowest BCUT2D eigenvalue weighted by atomic mass is 10.0. The molecule has 17 heavy (non-hydrogen) atoms. The number of hydrogen-bond donors (Lipinski definition) is 1. The van der Waals surface area contributed by atoms with Gasteiger partial charge in [0.2, 0.25) is 0 Å². The van der Waals surface area contributed by atoms with Gasteiger partial charge >= 0.3 is 0 Å². The number of hydrogen-bond acceptors (Lipinski definition) is 3. The van der Waals surface area contributed by atoms with Crippen molar-refractivity contribution in [3.8, 4) is 0 Å². The molecule has 1 unspecified atom stereocenters. The van der Waals surface area contributed by atoms with E-state index in [9.17, 15) is 9.18 Å². The predicted octanol–water partition coefficient (Wildman–Crippen LogP) is 1.36. The molecule has 1 aromatic rings. The van der Waals surface area contributed by atoms with Crippen molar-refractivity contribution in [1.82, 2.24) is 10.2 Å². The smallest absolute Gasteiger partial charge is 0.151 e. The van der Waals surface area contributed by atoms with Crippen LogP contribution in [-0.4, -0.2) is 36.9 Å². The van der Waals surface area contributed by atoms with Crippen molar-refractivity contribution < 1.29 is 9.18 Å². The Morgan fingerprint density at radius 2 is 2.00 bits per heavy atom. The first-order valence-electron chi connectivity index (χ1n) is 5.90. The Morgan fingerprint density at radius 3 is 2.59 bits per heavy atom. The molecule has 1 saturated heterocycles. The SMILES string of the molecule is CC(=O)C(c1ccccc1F)N1CCNCC1. The maximum Gasteiger partial charge on any atom is 0.151 e. The van der Waals surface area contributed by atoms with Crippen LogP contribution >= 0.6 is 0 Å². The molecule has 2 rings (SSSR count). The summed E-state index contributed by atoms with van der Waals surface area (Å²) < 4.78 is 13.8. The summed E-state index contributed by atoms with van der Waals surface area (Å²) in [6.45, 7) is 4.77. The van der Waals surface area contributed by atoms with E-state index in [4.69, 9.17) is 0 Å². The van der Waals surface area contributed by atoms with E-state index >= 15 is 0 Å². The fourth-order valence-corrected chi connectivity index (χ4v) is 2.31. The number of piperazine rings is 1.